The molecule has 6 heteroatoms. The maximum absolute atomic E-state index is 13.0. The standard InChI is InChI=1S/C76H128O6/c1-4-7-10-13-16-19-22-25-28-30-32-34-36-37-38-39-41-42-44-46-48-51-54-57-60-63-66-69-75(78)81-72-73(71-80-74(77)68-65-62-59-56-53-50-27-24-21-18-15-12-9-6-3)82-76(79)70-67-64-61-58-55-52-49-47-45-43-40-35-33-31-29-26-23-20-17-14-11-8-5-2/h7-8,10-11,16-17,19-20,25-26,28-29,32-35,37-38,41-42,73H,4-6,9,12-15,18,21-24,27,30-31,36,39-40,43-72H2,1-3H3/b10-7-,11-8-,19-16-,20-17-,28-25-,29-26-,34-32-,35-33-,38-37-,42-41-. The average molecular weight is 1140 g/mol. The fourth-order valence-electron chi connectivity index (χ4n) is 9.62. The summed E-state index contributed by atoms with van der Waals surface area (Å²) in [5.74, 6) is -0.882. The molecule has 0 aliphatic carbocycles. The Kier molecular flexibility index (Phi) is 65.8. The minimum Gasteiger partial charge on any atom is -0.462 e. The number of allylic oxidation sites excluding steroid dienone is 20. The van der Waals surface area contributed by atoms with Gasteiger partial charge in [0, 0.05) is 19.3 Å². The Balaban J connectivity index is 4.35. The number of esters is 3. The highest BCUT2D eigenvalue weighted by Crippen LogP contribution is 2.17. The van der Waals surface area contributed by atoms with Gasteiger partial charge in [0.1, 0.15) is 13.2 Å². The summed E-state index contributed by atoms with van der Waals surface area (Å²) < 4.78 is 17.0. The van der Waals surface area contributed by atoms with Crippen molar-refractivity contribution in [2.24, 2.45) is 0 Å². The van der Waals surface area contributed by atoms with E-state index in [0.717, 1.165) is 128 Å². The highest BCUT2D eigenvalue weighted by molar-refractivity contribution is 5.71. The van der Waals surface area contributed by atoms with Crippen molar-refractivity contribution >= 4 is 17.9 Å². The van der Waals surface area contributed by atoms with Crippen LogP contribution in [0.25, 0.3) is 0 Å². The summed E-state index contributed by atoms with van der Waals surface area (Å²) in [5, 5.41) is 0. The molecule has 6 nitrogen and oxygen atoms in total. The van der Waals surface area contributed by atoms with Crippen LogP contribution >= 0.6 is 0 Å². The molecule has 0 aliphatic rings. The van der Waals surface area contributed by atoms with Crippen LogP contribution in [0.4, 0.5) is 0 Å². The van der Waals surface area contributed by atoms with E-state index in [2.05, 4.69) is 142 Å². The van der Waals surface area contributed by atoms with Gasteiger partial charge >= 0.3 is 17.9 Å². The normalized spacial score (nSPS) is 12.9. The van der Waals surface area contributed by atoms with Crippen molar-refractivity contribution < 1.29 is 28.6 Å². The molecule has 0 bridgehead atoms. The van der Waals surface area contributed by atoms with Gasteiger partial charge in [-0.2, -0.15) is 0 Å². The van der Waals surface area contributed by atoms with E-state index in [1.54, 1.807) is 0 Å². The Hall–Kier alpha value is -4.19. The zero-order valence-electron chi connectivity index (χ0n) is 53.7. The number of unbranched alkanes of at least 4 members (excludes halogenated alkanes) is 31. The average Bonchev–Trinajstić information content (AvgIpc) is 3.48. The van der Waals surface area contributed by atoms with E-state index in [0.29, 0.717) is 19.3 Å². The van der Waals surface area contributed by atoms with Crippen molar-refractivity contribution in [2.45, 2.75) is 329 Å². The van der Waals surface area contributed by atoms with E-state index in [1.165, 1.54) is 154 Å². The summed E-state index contributed by atoms with van der Waals surface area (Å²) in [6.45, 7) is 6.44. The van der Waals surface area contributed by atoms with Crippen LogP contribution in [-0.2, 0) is 28.6 Å². The number of carbonyl (C=O) groups excluding carboxylic acids is 3. The number of carbonyl (C=O) groups is 3. The third-order valence-corrected chi connectivity index (χ3v) is 14.7. The molecule has 468 valence electrons. The van der Waals surface area contributed by atoms with E-state index >= 15 is 0 Å². The van der Waals surface area contributed by atoms with Crippen molar-refractivity contribution in [1.29, 1.82) is 0 Å². The van der Waals surface area contributed by atoms with Gasteiger partial charge in [-0.15, -0.1) is 0 Å². The summed E-state index contributed by atoms with van der Waals surface area (Å²) in [6, 6.07) is 0. The Labute approximate surface area is 507 Å². The van der Waals surface area contributed by atoms with Crippen LogP contribution in [0, 0.1) is 0 Å². The molecule has 82 heavy (non-hydrogen) atoms. The number of hydrogen-bond acceptors (Lipinski definition) is 6. The first-order valence-corrected chi connectivity index (χ1v) is 34.5. The molecule has 0 aromatic heterocycles. The SMILES string of the molecule is CC/C=C\C/C=C\C/C=C\C/C=C\C/C=C\C/C=C\CCCCCCCCCCC(=O)OCC(COC(=O)CCCCCCCCCCCCCCCC)OC(=O)CCCCCCCCCCCC/C=C\C/C=C\C/C=C\C/C=C\CC. The van der Waals surface area contributed by atoms with E-state index in [4.69, 9.17) is 14.2 Å². The molecule has 0 amide bonds. The predicted molar refractivity (Wildman–Crippen MR) is 357 cm³/mol. The molecule has 0 aromatic carbocycles. The maximum atomic E-state index is 13.0. The first kappa shape index (κ1) is 77.8. The van der Waals surface area contributed by atoms with Crippen LogP contribution in [0.1, 0.15) is 323 Å². The molecule has 0 fully saturated rings. The molecule has 0 radical (unpaired) electrons. The van der Waals surface area contributed by atoms with Gasteiger partial charge in [0.05, 0.1) is 0 Å². The lowest BCUT2D eigenvalue weighted by molar-refractivity contribution is -0.167. The van der Waals surface area contributed by atoms with Gasteiger partial charge in [0.15, 0.2) is 6.10 Å². The summed E-state index contributed by atoms with van der Waals surface area (Å²) in [4.78, 5) is 38.4. The monoisotopic (exact) mass is 1140 g/mol. The second-order valence-electron chi connectivity index (χ2n) is 22.7. The largest absolute Gasteiger partial charge is 0.462 e. The fraction of sp³-hybridized carbons (Fsp3) is 0.697. The molecule has 0 aromatic rings. The van der Waals surface area contributed by atoms with Gasteiger partial charge in [-0.05, 0) is 109 Å². The summed E-state index contributed by atoms with van der Waals surface area (Å²) in [6.07, 6.45) is 96.4. The second kappa shape index (κ2) is 69.3. The molecular formula is C76H128O6. The maximum Gasteiger partial charge on any atom is 0.306 e. The van der Waals surface area contributed by atoms with Crippen molar-refractivity contribution in [1.82, 2.24) is 0 Å². The van der Waals surface area contributed by atoms with Crippen LogP contribution < -0.4 is 0 Å². The van der Waals surface area contributed by atoms with Crippen LogP contribution in [0.15, 0.2) is 122 Å². The van der Waals surface area contributed by atoms with Gasteiger partial charge in [-0.1, -0.05) is 316 Å². The van der Waals surface area contributed by atoms with Gasteiger partial charge in [-0.25, -0.2) is 0 Å². The van der Waals surface area contributed by atoms with E-state index < -0.39 is 6.10 Å². The van der Waals surface area contributed by atoms with Crippen molar-refractivity contribution in [2.75, 3.05) is 13.2 Å². The molecule has 0 N–H and O–H groups in total. The molecule has 0 spiro atoms. The second-order valence-corrected chi connectivity index (χ2v) is 22.7. The summed E-state index contributed by atoms with van der Waals surface area (Å²) in [7, 11) is 0. The van der Waals surface area contributed by atoms with Crippen LogP contribution in [-0.4, -0.2) is 37.2 Å². The first-order valence-electron chi connectivity index (χ1n) is 34.5. The van der Waals surface area contributed by atoms with E-state index in [9.17, 15) is 14.4 Å². The van der Waals surface area contributed by atoms with Gasteiger partial charge < -0.3 is 14.2 Å². The Morgan fingerprint density at radius 2 is 0.476 bits per heavy atom. The van der Waals surface area contributed by atoms with Crippen molar-refractivity contribution in [3.05, 3.63) is 122 Å². The summed E-state index contributed by atoms with van der Waals surface area (Å²) in [5.41, 5.74) is 0. The predicted octanol–water partition coefficient (Wildman–Crippen LogP) is 23.9. The summed E-state index contributed by atoms with van der Waals surface area (Å²) >= 11 is 0. The minimum atomic E-state index is -0.787. The Bertz CT molecular complexity index is 1690. The lowest BCUT2D eigenvalue weighted by atomic mass is 10.0. The van der Waals surface area contributed by atoms with Crippen LogP contribution in [0.5, 0.6) is 0 Å². The van der Waals surface area contributed by atoms with Gasteiger partial charge in [0.2, 0.25) is 0 Å². The molecule has 0 rings (SSSR count). The Morgan fingerprint density at radius 1 is 0.256 bits per heavy atom. The number of hydrogen-bond donors (Lipinski definition) is 0. The third kappa shape index (κ3) is 66.6. The highest BCUT2D eigenvalue weighted by Gasteiger charge is 2.19. The molecule has 0 saturated heterocycles. The molecule has 1 unspecified atom stereocenters. The lowest BCUT2D eigenvalue weighted by Crippen LogP contribution is -2.30. The third-order valence-electron chi connectivity index (χ3n) is 14.7. The van der Waals surface area contributed by atoms with Crippen LogP contribution in [0.2, 0.25) is 0 Å². The first-order chi connectivity index (χ1) is 40.5. The lowest BCUT2D eigenvalue weighted by Gasteiger charge is -2.18. The number of rotatable bonds is 62. The topological polar surface area (TPSA) is 78.9 Å². The Morgan fingerprint density at radius 3 is 0.744 bits per heavy atom. The van der Waals surface area contributed by atoms with E-state index in [-0.39, 0.29) is 31.1 Å². The molecule has 0 heterocycles. The van der Waals surface area contributed by atoms with Gasteiger partial charge in [0.25, 0.3) is 0 Å². The minimum absolute atomic E-state index is 0.0811. The zero-order chi connectivity index (χ0) is 59.2. The quantitative estimate of drug-likeness (QED) is 0.0261. The van der Waals surface area contributed by atoms with E-state index in [1.807, 2.05) is 0 Å². The highest BCUT2D eigenvalue weighted by atomic mass is 16.6. The van der Waals surface area contributed by atoms with Crippen molar-refractivity contribution in [3.63, 3.8) is 0 Å². The molecular weight excluding hydrogens is 1010 g/mol. The fourth-order valence-corrected chi connectivity index (χ4v) is 9.62. The molecule has 1 atom stereocenters. The van der Waals surface area contributed by atoms with Crippen molar-refractivity contribution in [3.8, 4) is 0 Å². The number of ether oxygens (including phenoxy) is 3. The van der Waals surface area contributed by atoms with Crippen LogP contribution in [0.3, 0.4) is 0 Å². The molecule has 0 aliphatic heterocycles. The molecule has 0 saturated carbocycles. The van der Waals surface area contributed by atoms with Gasteiger partial charge in [-0.3, -0.25) is 14.4 Å². The smallest absolute Gasteiger partial charge is 0.306 e. The zero-order valence-corrected chi connectivity index (χ0v) is 53.7.